The molecule has 37 heavy (non-hydrogen) atoms. The van der Waals surface area contributed by atoms with E-state index >= 15 is 0 Å². The number of rotatable bonds is 4. The number of halogens is 2. The molecule has 3 saturated heterocycles. The average molecular weight is 523 g/mol. The van der Waals surface area contributed by atoms with Gasteiger partial charge in [-0.05, 0) is 32.8 Å². The second-order valence-corrected chi connectivity index (χ2v) is 11.0. The van der Waals surface area contributed by atoms with Crippen LogP contribution in [-0.2, 0) is 20.9 Å². The Morgan fingerprint density at radius 2 is 1.65 bits per heavy atom. The molecule has 0 saturated carbocycles. The standard InChI is InChI=1S/C26H36F2N4O5/c1-25(2,3)37-24(35)32-16-20(15-21(32)22(33)31-10-9-26(27,28)18-31)29-11-13-30(14-12-29)23(34)36-17-19-7-5-4-6-8-19/h4-8,20-21H,9-18H2,1-3H3. The van der Waals surface area contributed by atoms with Crippen molar-refractivity contribution in [1.29, 1.82) is 0 Å². The van der Waals surface area contributed by atoms with E-state index in [1.165, 1.54) is 4.90 Å². The Morgan fingerprint density at radius 3 is 2.24 bits per heavy atom. The number of piperazine rings is 1. The molecular formula is C26H36F2N4O5. The van der Waals surface area contributed by atoms with E-state index in [1.807, 2.05) is 30.3 Å². The van der Waals surface area contributed by atoms with E-state index in [2.05, 4.69) is 4.90 Å². The van der Waals surface area contributed by atoms with Gasteiger partial charge in [-0.15, -0.1) is 0 Å². The molecule has 0 radical (unpaired) electrons. The lowest BCUT2D eigenvalue weighted by Gasteiger charge is -2.37. The van der Waals surface area contributed by atoms with Crippen molar-refractivity contribution in [2.45, 2.75) is 63.8 Å². The van der Waals surface area contributed by atoms with Gasteiger partial charge in [0.2, 0.25) is 5.91 Å². The first-order valence-electron chi connectivity index (χ1n) is 12.8. The van der Waals surface area contributed by atoms with Gasteiger partial charge in [0.1, 0.15) is 18.2 Å². The van der Waals surface area contributed by atoms with Crippen molar-refractivity contribution >= 4 is 18.1 Å². The van der Waals surface area contributed by atoms with Crippen LogP contribution < -0.4 is 0 Å². The minimum absolute atomic E-state index is 0.0288. The highest BCUT2D eigenvalue weighted by atomic mass is 19.3. The fraction of sp³-hybridized carbons (Fsp3) is 0.654. The van der Waals surface area contributed by atoms with Crippen molar-refractivity contribution in [2.75, 3.05) is 45.8 Å². The third kappa shape index (κ3) is 6.88. The lowest BCUT2D eigenvalue weighted by molar-refractivity contribution is -0.136. The summed E-state index contributed by atoms with van der Waals surface area (Å²) < 4.78 is 38.5. The van der Waals surface area contributed by atoms with Crippen molar-refractivity contribution in [1.82, 2.24) is 19.6 Å². The molecule has 2 unspecified atom stereocenters. The van der Waals surface area contributed by atoms with E-state index in [0.717, 1.165) is 10.5 Å². The molecule has 0 N–H and O–H groups in total. The summed E-state index contributed by atoms with van der Waals surface area (Å²) >= 11 is 0. The summed E-state index contributed by atoms with van der Waals surface area (Å²) in [6, 6.07) is 8.45. The summed E-state index contributed by atoms with van der Waals surface area (Å²) in [6.45, 7) is 7.04. The number of amides is 3. The Bertz CT molecular complexity index is 979. The Labute approximate surface area is 216 Å². The third-order valence-electron chi connectivity index (χ3n) is 6.97. The highest BCUT2D eigenvalue weighted by Crippen LogP contribution is 2.31. The number of nitrogens with zero attached hydrogens (tertiary/aromatic N) is 4. The molecule has 11 heteroatoms. The first kappa shape index (κ1) is 27.1. The highest BCUT2D eigenvalue weighted by molar-refractivity contribution is 5.87. The molecular weight excluding hydrogens is 486 g/mol. The molecule has 3 heterocycles. The van der Waals surface area contributed by atoms with Crippen molar-refractivity contribution in [2.24, 2.45) is 0 Å². The number of likely N-dealkylation sites (tertiary alicyclic amines) is 2. The second-order valence-electron chi connectivity index (χ2n) is 11.0. The van der Waals surface area contributed by atoms with Gasteiger partial charge in [0.15, 0.2) is 0 Å². The van der Waals surface area contributed by atoms with Gasteiger partial charge in [0.25, 0.3) is 5.92 Å². The number of benzene rings is 1. The van der Waals surface area contributed by atoms with Crippen LogP contribution in [0, 0.1) is 0 Å². The number of hydrogen-bond acceptors (Lipinski definition) is 6. The zero-order chi connectivity index (χ0) is 26.8. The van der Waals surface area contributed by atoms with Gasteiger partial charge in [-0.2, -0.15) is 0 Å². The molecule has 4 rings (SSSR count). The lowest BCUT2D eigenvalue weighted by atomic mass is 10.1. The third-order valence-corrected chi connectivity index (χ3v) is 6.97. The molecule has 0 aromatic heterocycles. The minimum atomic E-state index is -2.91. The van der Waals surface area contributed by atoms with Crippen molar-refractivity contribution in [3.8, 4) is 0 Å². The van der Waals surface area contributed by atoms with Crippen LogP contribution in [0.4, 0.5) is 18.4 Å². The monoisotopic (exact) mass is 522 g/mol. The van der Waals surface area contributed by atoms with E-state index in [9.17, 15) is 23.2 Å². The summed E-state index contributed by atoms with van der Waals surface area (Å²) in [6.07, 6.45) is -1.04. The Hall–Kier alpha value is -2.95. The largest absolute Gasteiger partial charge is 0.445 e. The maximum Gasteiger partial charge on any atom is 0.411 e. The van der Waals surface area contributed by atoms with E-state index < -0.39 is 36.1 Å². The fourth-order valence-electron chi connectivity index (χ4n) is 5.05. The molecule has 2 atom stereocenters. The first-order chi connectivity index (χ1) is 17.4. The Balaban J connectivity index is 1.36. The number of hydrogen-bond donors (Lipinski definition) is 0. The molecule has 204 valence electrons. The quantitative estimate of drug-likeness (QED) is 0.604. The number of alkyl halides is 2. The summed E-state index contributed by atoms with van der Waals surface area (Å²) in [7, 11) is 0. The van der Waals surface area contributed by atoms with Crippen LogP contribution in [0.25, 0.3) is 0 Å². The van der Waals surface area contributed by atoms with E-state index in [4.69, 9.17) is 9.47 Å². The van der Waals surface area contributed by atoms with E-state index in [0.29, 0.717) is 32.6 Å². The van der Waals surface area contributed by atoms with Gasteiger partial charge < -0.3 is 19.3 Å². The molecule has 0 aliphatic carbocycles. The maximum atomic E-state index is 13.8. The minimum Gasteiger partial charge on any atom is -0.445 e. The summed E-state index contributed by atoms with van der Waals surface area (Å²) in [5.41, 5.74) is 0.156. The van der Waals surface area contributed by atoms with E-state index in [-0.39, 0.29) is 38.3 Å². The molecule has 3 fully saturated rings. The SMILES string of the molecule is CC(C)(C)OC(=O)N1CC(N2CCN(C(=O)OCc3ccccc3)CC2)CC1C(=O)N1CCC(F)(F)C1. The number of ether oxygens (including phenoxy) is 2. The van der Waals surface area contributed by atoms with Gasteiger partial charge in [-0.3, -0.25) is 14.6 Å². The van der Waals surface area contributed by atoms with Crippen LogP contribution in [0.5, 0.6) is 0 Å². The first-order valence-corrected chi connectivity index (χ1v) is 12.8. The molecule has 9 nitrogen and oxygen atoms in total. The van der Waals surface area contributed by atoms with Gasteiger partial charge >= 0.3 is 12.2 Å². The summed E-state index contributed by atoms with van der Waals surface area (Å²) in [5.74, 6) is -3.37. The fourth-order valence-corrected chi connectivity index (χ4v) is 5.05. The second kappa shape index (κ2) is 10.8. The van der Waals surface area contributed by atoms with Gasteiger partial charge in [0, 0.05) is 51.7 Å². The lowest BCUT2D eigenvalue weighted by Crippen LogP contribution is -2.52. The normalized spacial score (nSPS) is 24.3. The van der Waals surface area contributed by atoms with Crippen LogP contribution in [0.15, 0.2) is 30.3 Å². The number of carbonyl (C=O) groups excluding carboxylic acids is 3. The maximum absolute atomic E-state index is 13.8. The van der Waals surface area contributed by atoms with Crippen LogP contribution >= 0.6 is 0 Å². The number of carbonyl (C=O) groups is 3. The zero-order valence-electron chi connectivity index (χ0n) is 21.7. The summed E-state index contributed by atoms with van der Waals surface area (Å²) in [5, 5.41) is 0. The van der Waals surface area contributed by atoms with Crippen LogP contribution in [-0.4, -0.2) is 107 Å². The van der Waals surface area contributed by atoms with Gasteiger partial charge in [-0.1, -0.05) is 30.3 Å². The van der Waals surface area contributed by atoms with Gasteiger partial charge in [0.05, 0.1) is 6.54 Å². The predicted octanol–water partition coefficient (Wildman–Crippen LogP) is 3.19. The smallest absolute Gasteiger partial charge is 0.411 e. The van der Waals surface area contributed by atoms with Crippen LogP contribution in [0.3, 0.4) is 0 Å². The van der Waals surface area contributed by atoms with E-state index in [1.54, 1.807) is 25.7 Å². The molecule has 3 amide bonds. The van der Waals surface area contributed by atoms with Crippen LogP contribution in [0.1, 0.15) is 39.2 Å². The van der Waals surface area contributed by atoms with Gasteiger partial charge in [-0.25, -0.2) is 18.4 Å². The Morgan fingerprint density at radius 1 is 0.973 bits per heavy atom. The molecule has 1 aromatic carbocycles. The molecule has 1 aromatic rings. The highest BCUT2D eigenvalue weighted by Gasteiger charge is 2.48. The molecule has 3 aliphatic heterocycles. The summed E-state index contributed by atoms with van der Waals surface area (Å²) in [4.78, 5) is 45.1. The predicted molar refractivity (Wildman–Crippen MR) is 131 cm³/mol. The molecule has 3 aliphatic rings. The Kier molecular flexibility index (Phi) is 7.91. The average Bonchev–Trinajstić information content (AvgIpc) is 3.45. The zero-order valence-corrected chi connectivity index (χ0v) is 21.7. The topological polar surface area (TPSA) is 82.6 Å². The van der Waals surface area contributed by atoms with Crippen LogP contribution in [0.2, 0.25) is 0 Å². The van der Waals surface area contributed by atoms with Crippen molar-refractivity contribution in [3.63, 3.8) is 0 Å². The molecule has 0 bridgehead atoms. The van der Waals surface area contributed by atoms with Crippen molar-refractivity contribution < 1.29 is 32.6 Å². The molecule has 0 spiro atoms. The van der Waals surface area contributed by atoms with Crippen molar-refractivity contribution in [3.05, 3.63) is 35.9 Å².